The number of aryl methyl sites for hydroxylation is 1. The minimum Gasteiger partial charge on any atom is -0.391 e. The van der Waals surface area contributed by atoms with Crippen molar-refractivity contribution in [2.75, 3.05) is 31.3 Å². The van der Waals surface area contributed by atoms with Gasteiger partial charge in [-0.1, -0.05) is 45.0 Å². The number of carbonyl (C=O) groups is 7. The first kappa shape index (κ1) is 45.1. The van der Waals surface area contributed by atoms with Gasteiger partial charge in [-0.3, -0.25) is 33.6 Å². The summed E-state index contributed by atoms with van der Waals surface area (Å²) in [7, 11) is 0. The number of β-amino-alcohol motifs (C(OH)–C–C–N with tert-alkyl or cyclic N) is 1. The van der Waals surface area contributed by atoms with Crippen LogP contribution in [-0.4, -0.2) is 118 Å². The molecule has 2 aromatic rings. The lowest BCUT2D eigenvalue weighted by Crippen LogP contribution is -2.58. The monoisotopic (exact) mass is 823 g/mol. The number of hydrogen-bond acceptors (Lipinski definition) is 12. The van der Waals surface area contributed by atoms with Gasteiger partial charge in [-0.05, 0) is 35.6 Å². The van der Waals surface area contributed by atoms with Crippen LogP contribution in [0.3, 0.4) is 0 Å². The van der Waals surface area contributed by atoms with Crippen LogP contribution in [0.25, 0.3) is 10.4 Å². The van der Waals surface area contributed by atoms with Gasteiger partial charge in [0.15, 0.2) is 0 Å². The second-order valence-electron chi connectivity index (χ2n) is 14.1. The Labute approximate surface area is 333 Å². The molecule has 0 saturated carbocycles. The number of alkyl halides is 1. The molecule has 302 valence electrons. The highest BCUT2D eigenvalue weighted by Gasteiger charge is 2.45. The number of nitrogens with two attached hydrogens (primary N) is 2. The van der Waals surface area contributed by atoms with Gasteiger partial charge < -0.3 is 48.1 Å². The Bertz CT molecular complexity index is 1700. The van der Waals surface area contributed by atoms with Crippen molar-refractivity contribution in [2.45, 2.75) is 83.3 Å². The Hall–Kier alpha value is -4.30. The summed E-state index contributed by atoms with van der Waals surface area (Å²) in [6.07, 6.45) is -1.29. The molecule has 1 aliphatic heterocycles. The van der Waals surface area contributed by atoms with E-state index in [4.69, 9.17) is 23.1 Å². The molecule has 1 aromatic carbocycles. The number of thiol groups is 1. The van der Waals surface area contributed by atoms with Crippen molar-refractivity contribution in [1.82, 2.24) is 36.5 Å². The summed E-state index contributed by atoms with van der Waals surface area (Å²) in [4.78, 5) is 97.2. The van der Waals surface area contributed by atoms with Gasteiger partial charge in [-0.2, -0.15) is 12.6 Å². The maximum absolute atomic E-state index is 13.9. The second-order valence-corrected chi connectivity index (χ2v) is 15.7. The molecule has 0 aliphatic carbocycles. The SMILES string of the molecule is Cc1ncsc1-c1ccc(C(NC(=O)C2CC(O)CN2C(=O)C(NC(=O)CCl)C(C)(C)C)C(=O)NCCC(=O)NC(CN)C(=O)NC(CCS)C(N)=O)cc1. The number of nitrogens with one attached hydrogen (secondary N) is 5. The molecule has 0 radical (unpaired) electrons. The summed E-state index contributed by atoms with van der Waals surface area (Å²) in [6.45, 7) is 6.39. The second kappa shape index (κ2) is 20.6. The molecule has 6 atom stereocenters. The number of carbonyl (C=O) groups excluding carboxylic acids is 7. The van der Waals surface area contributed by atoms with Crippen LogP contribution in [0, 0.1) is 12.3 Å². The van der Waals surface area contributed by atoms with Crippen molar-refractivity contribution in [3.63, 3.8) is 0 Å². The smallest absolute Gasteiger partial charge is 0.247 e. The number of likely N-dealkylation sites (tertiary alicyclic amines) is 1. The van der Waals surface area contributed by atoms with Crippen molar-refractivity contribution < 1.29 is 38.7 Å². The Kier molecular flexibility index (Phi) is 16.9. The average Bonchev–Trinajstić information content (AvgIpc) is 3.75. The topological polar surface area (TPSA) is 268 Å². The molecule has 2 heterocycles. The first-order valence-electron chi connectivity index (χ1n) is 17.5. The normalized spacial score (nSPS) is 17.6. The fraction of sp³-hybridized carbons (Fsp3) is 0.543. The van der Waals surface area contributed by atoms with Crippen LogP contribution in [0.4, 0.5) is 0 Å². The minimum absolute atomic E-state index is 0.124. The number of aromatic nitrogens is 1. The number of aliphatic hydroxyl groups excluding tert-OH is 1. The van der Waals surface area contributed by atoms with E-state index in [1.165, 1.54) is 16.2 Å². The standard InChI is InChI=1S/C35H50ClN9O8S2/c1-18-28(55-17-40-18)20-7-5-19(6-8-20)27(33(52)39-11-9-25(47)41-23(15-37)31(50)42-22(10-12-54)30(38)49)44-32(51)24-13-21(46)16-45(24)34(53)29(35(2,3)4)43-26(48)14-36/h5-8,17,21-24,27,29,46,54H,9-16,37H2,1-4H3,(H2,38,49)(H,39,52)(H,41,47)(H,42,50)(H,43,48)(H,44,51). The molecule has 20 heteroatoms. The third kappa shape index (κ3) is 12.6. The first-order valence-corrected chi connectivity index (χ1v) is 19.6. The number of hydrogen-bond donors (Lipinski definition) is 9. The number of rotatable bonds is 18. The molecule has 6 unspecified atom stereocenters. The molecule has 17 nitrogen and oxygen atoms in total. The fourth-order valence-corrected chi connectivity index (χ4v) is 7.00. The van der Waals surface area contributed by atoms with E-state index in [0.29, 0.717) is 5.56 Å². The van der Waals surface area contributed by atoms with Crippen molar-refractivity contribution in [1.29, 1.82) is 0 Å². The molecule has 55 heavy (non-hydrogen) atoms. The molecule has 0 spiro atoms. The molecule has 1 fully saturated rings. The van der Waals surface area contributed by atoms with Gasteiger partial charge in [0, 0.05) is 32.5 Å². The maximum Gasteiger partial charge on any atom is 0.247 e. The Morgan fingerprint density at radius 1 is 1.02 bits per heavy atom. The van der Waals surface area contributed by atoms with E-state index in [2.05, 4.69) is 44.2 Å². The van der Waals surface area contributed by atoms with Gasteiger partial charge in [0.25, 0.3) is 0 Å². The molecule has 7 amide bonds. The predicted molar refractivity (Wildman–Crippen MR) is 210 cm³/mol. The van der Waals surface area contributed by atoms with Crippen molar-refractivity contribution >= 4 is 76.9 Å². The van der Waals surface area contributed by atoms with E-state index in [9.17, 15) is 38.7 Å². The summed E-state index contributed by atoms with van der Waals surface area (Å²) < 4.78 is 0. The van der Waals surface area contributed by atoms with E-state index < -0.39 is 83.1 Å². The summed E-state index contributed by atoms with van der Waals surface area (Å²) in [5.74, 6) is -4.84. The zero-order valence-corrected chi connectivity index (χ0v) is 33.6. The molecular weight excluding hydrogens is 774 g/mol. The van der Waals surface area contributed by atoms with E-state index in [-0.39, 0.29) is 50.5 Å². The number of primary amides is 1. The summed E-state index contributed by atoms with van der Waals surface area (Å²) in [6, 6.07) is 1.10. The number of thiazole rings is 1. The third-order valence-corrected chi connectivity index (χ3v) is 10.3. The van der Waals surface area contributed by atoms with Crippen LogP contribution in [-0.2, 0) is 33.6 Å². The fourth-order valence-electron chi connectivity index (χ4n) is 5.85. The third-order valence-electron chi connectivity index (χ3n) is 8.82. The van der Waals surface area contributed by atoms with Crippen LogP contribution in [0.15, 0.2) is 29.8 Å². The largest absolute Gasteiger partial charge is 0.391 e. The molecule has 3 rings (SSSR count). The van der Waals surface area contributed by atoms with Gasteiger partial charge in [0.1, 0.15) is 36.1 Å². The van der Waals surface area contributed by atoms with Crippen LogP contribution in [0.1, 0.15) is 57.3 Å². The molecular formula is C35H50ClN9O8S2. The van der Waals surface area contributed by atoms with E-state index in [0.717, 1.165) is 16.1 Å². The first-order chi connectivity index (χ1) is 25.9. The van der Waals surface area contributed by atoms with Gasteiger partial charge >= 0.3 is 0 Å². The van der Waals surface area contributed by atoms with Gasteiger partial charge in [0.2, 0.25) is 41.4 Å². The zero-order chi connectivity index (χ0) is 41.0. The van der Waals surface area contributed by atoms with Crippen molar-refractivity contribution in [3.05, 3.63) is 41.0 Å². The maximum atomic E-state index is 13.9. The lowest BCUT2D eigenvalue weighted by molar-refractivity contribution is -0.144. The van der Waals surface area contributed by atoms with Gasteiger partial charge in [0.05, 0.1) is 22.2 Å². The Morgan fingerprint density at radius 2 is 1.69 bits per heavy atom. The number of amides is 7. The minimum atomic E-state index is -1.31. The highest BCUT2D eigenvalue weighted by Crippen LogP contribution is 2.30. The van der Waals surface area contributed by atoms with Gasteiger partial charge in [-0.25, -0.2) is 4.98 Å². The van der Waals surface area contributed by atoms with Gasteiger partial charge in [-0.15, -0.1) is 22.9 Å². The summed E-state index contributed by atoms with van der Waals surface area (Å²) in [5.41, 5.74) is 14.0. The van der Waals surface area contributed by atoms with Crippen LogP contribution >= 0.6 is 35.6 Å². The van der Waals surface area contributed by atoms with Crippen LogP contribution in [0.2, 0.25) is 0 Å². The predicted octanol–water partition coefficient (Wildman–Crippen LogP) is -0.753. The Balaban J connectivity index is 1.80. The Morgan fingerprint density at radius 3 is 2.24 bits per heavy atom. The lowest BCUT2D eigenvalue weighted by atomic mass is 9.85. The molecule has 1 saturated heterocycles. The molecule has 1 aromatic heterocycles. The van der Waals surface area contributed by atoms with Crippen molar-refractivity contribution in [2.24, 2.45) is 16.9 Å². The molecule has 0 bridgehead atoms. The highest BCUT2D eigenvalue weighted by molar-refractivity contribution is 7.80. The van der Waals surface area contributed by atoms with E-state index >= 15 is 0 Å². The van der Waals surface area contributed by atoms with E-state index in [1.807, 2.05) is 6.92 Å². The van der Waals surface area contributed by atoms with Crippen LogP contribution < -0.4 is 38.1 Å². The van der Waals surface area contributed by atoms with E-state index in [1.54, 1.807) is 50.5 Å². The van der Waals surface area contributed by atoms with Crippen LogP contribution in [0.5, 0.6) is 0 Å². The lowest BCUT2D eigenvalue weighted by Gasteiger charge is -2.35. The molecule has 1 aliphatic rings. The quantitative estimate of drug-likeness (QED) is 0.0671. The molecule has 10 N–H and O–H groups in total. The number of aliphatic hydroxyl groups is 1. The average molecular weight is 824 g/mol. The zero-order valence-electron chi connectivity index (χ0n) is 31.1. The van der Waals surface area contributed by atoms with Crippen molar-refractivity contribution in [3.8, 4) is 10.4 Å². The number of halogens is 1. The summed E-state index contributed by atoms with van der Waals surface area (Å²) in [5, 5.41) is 23.5. The summed E-state index contributed by atoms with van der Waals surface area (Å²) >= 11 is 11.2. The number of benzene rings is 1. The number of nitrogens with zero attached hydrogens (tertiary/aromatic N) is 2. The highest BCUT2D eigenvalue weighted by atomic mass is 35.5.